The van der Waals surface area contributed by atoms with Gasteiger partial charge in [-0.3, -0.25) is 19.4 Å². The van der Waals surface area contributed by atoms with Gasteiger partial charge in [-0.25, -0.2) is 10.2 Å². The largest absolute Gasteiger partial charge is 0.543 e. The van der Waals surface area contributed by atoms with E-state index in [1.165, 1.54) is 30.0 Å². The van der Waals surface area contributed by atoms with Crippen LogP contribution in [0.15, 0.2) is 42.6 Å². The van der Waals surface area contributed by atoms with Crippen LogP contribution >= 0.6 is 0 Å². The monoisotopic (exact) mass is 862 g/mol. The molecular formula is C47H70N4O9Si. The minimum Gasteiger partial charge on any atom is -0.543 e. The third-order valence-corrected chi connectivity index (χ3v) is 18.1. The normalized spacial score (nSPS) is 17.1. The van der Waals surface area contributed by atoms with Crippen LogP contribution in [0, 0.1) is 0 Å². The molecule has 3 heterocycles. The standard InChI is InChI=1S/C47H70N4O9Si/c1-30(2)61(31(3)4,32(5)6)60-38-25-34(26-42(48-46(55)59-47(8,9)10)44(53)51-20-12-14-41(49-51)45(54)56-11)24-37(27-38)36-15-16-39-40(35-17-22-57-23-18-35)29-50(43(39)28-36)19-13-21-58-33(7)52/h15-16,24-25,27-32,35,41-42,49H,12-14,17-23,26H2,1-11H3,(H,48,55)/t41-,42-/m0/s1. The van der Waals surface area contributed by atoms with Gasteiger partial charge >= 0.3 is 18.0 Å². The van der Waals surface area contributed by atoms with E-state index < -0.39 is 44.0 Å². The fraction of sp³-hybridized carbons (Fsp3) is 0.617. The Morgan fingerprint density at radius 1 is 0.934 bits per heavy atom. The predicted octanol–water partition coefficient (Wildman–Crippen LogP) is 8.81. The average Bonchev–Trinajstić information content (AvgIpc) is 3.57. The summed E-state index contributed by atoms with van der Waals surface area (Å²) in [6.07, 6.45) is 5.36. The number of aryl methyl sites for hydroxylation is 1. The Balaban J connectivity index is 1.62. The summed E-state index contributed by atoms with van der Waals surface area (Å²) in [4.78, 5) is 51.9. The fourth-order valence-corrected chi connectivity index (χ4v) is 14.6. The quantitative estimate of drug-likeness (QED) is 0.0620. The third-order valence-electron chi connectivity index (χ3n) is 12.1. The lowest BCUT2D eigenvalue weighted by Crippen LogP contribution is -2.60. The number of benzene rings is 2. The number of alkyl carbamates (subject to hydrolysis) is 1. The molecule has 2 atom stereocenters. The zero-order chi connectivity index (χ0) is 44.6. The van der Waals surface area contributed by atoms with Crippen LogP contribution in [0.3, 0.4) is 0 Å². The maximum absolute atomic E-state index is 14.4. The molecule has 61 heavy (non-hydrogen) atoms. The Labute approximate surface area is 363 Å². The molecule has 0 radical (unpaired) electrons. The Hall–Kier alpha value is -4.40. The summed E-state index contributed by atoms with van der Waals surface area (Å²) in [5.74, 6) is -0.0333. The van der Waals surface area contributed by atoms with Crippen molar-refractivity contribution < 1.29 is 42.6 Å². The van der Waals surface area contributed by atoms with Gasteiger partial charge in [0, 0.05) is 56.7 Å². The first-order chi connectivity index (χ1) is 28.8. The summed E-state index contributed by atoms with van der Waals surface area (Å²) in [6, 6.07) is 11.0. The van der Waals surface area contributed by atoms with Gasteiger partial charge in [0.25, 0.3) is 14.2 Å². The highest BCUT2D eigenvalue weighted by molar-refractivity contribution is 6.78. The Morgan fingerprint density at radius 2 is 1.62 bits per heavy atom. The molecule has 13 nitrogen and oxygen atoms in total. The second kappa shape index (κ2) is 20.6. The predicted molar refractivity (Wildman–Crippen MR) is 240 cm³/mol. The minimum absolute atomic E-state index is 0.131. The van der Waals surface area contributed by atoms with E-state index in [2.05, 4.69) is 93.4 Å². The molecule has 2 aliphatic rings. The van der Waals surface area contributed by atoms with E-state index in [1.54, 1.807) is 20.8 Å². The maximum atomic E-state index is 14.4. The Morgan fingerprint density at radius 3 is 2.25 bits per heavy atom. The topological polar surface area (TPSA) is 147 Å². The van der Waals surface area contributed by atoms with Crippen LogP contribution < -0.4 is 15.2 Å². The lowest BCUT2D eigenvalue weighted by atomic mass is 9.91. The number of rotatable bonds is 16. The first kappa shape index (κ1) is 47.6. The van der Waals surface area contributed by atoms with E-state index in [4.69, 9.17) is 23.4 Å². The molecule has 0 aliphatic carbocycles. The van der Waals surface area contributed by atoms with Crippen molar-refractivity contribution >= 4 is 43.2 Å². The van der Waals surface area contributed by atoms with Crippen LogP contribution in [0.2, 0.25) is 16.6 Å². The molecule has 0 saturated carbocycles. The zero-order valence-corrected chi connectivity index (χ0v) is 39.4. The molecule has 0 unspecified atom stereocenters. The van der Waals surface area contributed by atoms with Crippen molar-refractivity contribution in [1.29, 1.82) is 0 Å². The highest BCUT2D eigenvalue weighted by Crippen LogP contribution is 2.44. The number of ether oxygens (including phenoxy) is 4. The summed E-state index contributed by atoms with van der Waals surface area (Å²) in [6.45, 7) is 23.1. The second-order valence-electron chi connectivity index (χ2n) is 18.6. The van der Waals surface area contributed by atoms with Crippen LogP contribution in [-0.4, -0.2) is 93.0 Å². The molecule has 0 spiro atoms. The van der Waals surface area contributed by atoms with Gasteiger partial charge in [0.05, 0.1) is 13.7 Å². The number of fused-ring (bicyclic) bond motifs is 1. The van der Waals surface area contributed by atoms with Crippen molar-refractivity contribution in [3.05, 3.63) is 53.7 Å². The van der Waals surface area contributed by atoms with Crippen molar-refractivity contribution in [1.82, 2.24) is 20.3 Å². The van der Waals surface area contributed by atoms with Gasteiger partial charge in [-0.1, -0.05) is 59.7 Å². The second-order valence-corrected chi connectivity index (χ2v) is 24.0. The van der Waals surface area contributed by atoms with Crippen molar-refractivity contribution in [3.63, 3.8) is 0 Å². The van der Waals surface area contributed by atoms with Crippen LogP contribution in [0.4, 0.5) is 4.79 Å². The van der Waals surface area contributed by atoms with Crippen LogP contribution in [0.5, 0.6) is 5.75 Å². The number of aromatic nitrogens is 1. The molecular weight excluding hydrogens is 793 g/mol. The molecule has 5 rings (SSSR count). The first-order valence-corrected chi connectivity index (χ1v) is 24.3. The summed E-state index contributed by atoms with van der Waals surface area (Å²) < 4.78 is 31.3. The highest BCUT2D eigenvalue weighted by Gasteiger charge is 2.47. The number of nitrogens with zero attached hydrogens (tertiary/aromatic N) is 2. The van der Waals surface area contributed by atoms with Gasteiger partial charge in [0.2, 0.25) is 0 Å². The van der Waals surface area contributed by atoms with Crippen molar-refractivity contribution in [2.24, 2.45) is 0 Å². The van der Waals surface area contributed by atoms with Crippen LogP contribution in [0.1, 0.15) is 118 Å². The molecule has 2 amide bonds. The smallest absolute Gasteiger partial charge is 0.408 e. The number of hydrazine groups is 1. The number of nitrogens with one attached hydrogen (secondary N) is 2. The molecule has 2 saturated heterocycles. The van der Waals surface area contributed by atoms with Crippen molar-refractivity contribution in [2.75, 3.05) is 33.5 Å². The molecule has 2 N–H and O–H groups in total. The van der Waals surface area contributed by atoms with Crippen molar-refractivity contribution in [2.45, 2.75) is 155 Å². The third kappa shape index (κ3) is 12.0. The van der Waals surface area contributed by atoms with E-state index in [1.807, 2.05) is 6.07 Å². The SMILES string of the molecule is COC(=O)[C@@H]1CCCN(C(=O)[C@H](Cc2cc(O[Si](C(C)C)(C(C)C)C(C)C)cc(-c3ccc4c(C5CCOCC5)cn(CCCOC(C)=O)c4c3)c2)NC(=O)OC(C)(C)C)N1. The average molecular weight is 863 g/mol. The molecule has 3 aromatic rings. The number of hydrogen-bond acceptors (Lipinski definition) is 10. The fourth-order valence-electron chi connectivity index (χ4n) is 9.36. The van der Waals surface area contributed by atoms with Gasteiger partial charge in [0.15, 0.2) is 0 Å². The lowest BCUT2D eigenvalue weighted by Gasteiger charge is -2.42. The van der Waals surface area contributed by atoms with Gasteiger partial charge in [-0.15, -0.1) is 0 Å². The van der Waals surface area contributed by atoms with Crippen LogP contribution in [0.25, 0.3) is 22.0 Å². The number of amides is 2. The summed E-state index contributed by atoms with van der Waals surface area (Å²) in [5, 5.41) is 5.48. The van der Waals surface area contributed by atoms with E-state index >= 15 is 0 Å². The number of hydrogen-bond donors (Lipinski definition) is 2. The first-order valence-electron chi connectivity index (χ1n) is 22.1. The van der Waals surface area contributed by atoms with Gasteiger partial charge < -0.3 is 33.3 Å². The molecule has 2 aromatic carbocycles. The number of carbonyl (C=O) groups excluding carboxylic acids is 4. The number of methoxy groups -OCH3 is 1. The highest BCUT2D eigenvalue weighted by atomic mass is 28.4. The van der Waals surface area contributed by atoms with E-state index in [-0.39, 0.29) is 12.4 Å². The lowest BCUT2D eigenvalue weighted by molar-refractivity contribution is -0.150. The molecule has 2 fully saturated rings. The van der Waals surface area contributed by atoms with Crippen LogP contribution in [-0.2, 0) is 46.3 Å². The summed E-state index contributed by atoms with van der Waals surface area (Å²) in [5.41, 5.74) is 8.25. The Kier molecular flexibility index (Phi) is 16.1. The van der Waals surface area contributed by atoms with E-state index in [0.717, 1.165) is 54.0 Å². The van der Waals surface area contributed by atoms with Gasteiger partial charge in [-0.05, 0) is 116 Å². The molecule has 1 aromatic heterocycles. The Bertz CT molecular complexity index is 1980. The summed E-state index contributed by atoms with van der Waals surface area (Å²) in [7, 11) is -1.12. The molecule has 2 aliphatic heterocycles. The van der Waals surface area contributed by atoms with Gasteiger partial charge in [-0.2, -0.15) is 0 Å². The van der Waals surface area contributed by atoms with E-state index in [9.17, 15) is 19.2 Å². The number of esters is 2. The van der Waals surface area contributed by atoms with Crippen molar-refractivity contribution in [3.8, 4) is 16.9 Å². The number of carbonyl (C=O) groups is 4. The molecule has 336 valence electrons. The zero-order valence-electron chi connectivity index (χ0n) is 38.4. The van der Waals surface area contributed by atoms with E-state index in [0.29, 0.717) is 61.5 Å². The summed E-state index contributed by atoms with van der Waals surface area (Å²) >= 11 is 0. The molecule has 0 bridgehead atoms. The maximum Gasteiger partial charge on any atom is 0.408 e. The minimum atomic E-state index is -2.44. The van der Waals surface area contributed by atoms with Gasteiger partial charge in [0.1, 0.15) is 23.4 Å². The molecule has 14 heteroatoms.